The molecule has 0 saturated carbocycles. The lowest BCUT2D eigenvalue weighted by molar-refractivity contribution is -0.385. The van der Waals surface area contributed by atoms with Crippen molar-refractivity contribution in [2.75, 3.05) is 13.2 Å². The van der Waals surface area contributed by atoms with Gasteiger partial charge in [-0.15, -0.1) is 0 Å². The van der Waals surface area contributed by atoms with Crippen molar-refractivity contribution in [3.05, 3.63) is 40.1 Å². The van der Waals surface area contributed by atoms with Gasteiger partial charge in [0.2, 0.25) is 15.9 Å². The van der Waals surface area contributed by atoms with Gasteiger partial charge in [0.25, 0.3) is 11.6 Å². The zero-order chi connectivity index (χ0) is 24.4. The van der Waals surface area contributed by atoms with Gasteiger partial charge in [-0.2, -0.15) is 5.10 Å². The van der Waals surface area contributed by atoms with E-state index < -0.39 is 37.0 Å². The monoisotopic (exact) mass is 481 g/mol. The molecule has 1 aliphatic heterocycles. The van der Waals surface area contributed by atoms with Crippen LogP contribution in [-0.2, 0) is 21.8 Å². The van der Waals surface area contributed by atoms with Crippen LogP contribution in [0.15, 0.2) is 29.2 Å². The first-order chi connectivity index (χ1) is 15.4. The Morgan fingerprint density at radius 3 is 2.70 bits per heavy atom. The number of aryl methyl sites for hydroxylation is 1. The van der Waals surface area contributed by atoms with Crippen LogP contribution in [0.2, 0.25) is 0 Å². The van der Waals surface area contributed by atoms with Crippen molar-refractivity contribution < 1.29 is 27.6 Å². The highest BCUT2D eigenvalue weighted by molar-refractivity contribution is 7.89. The third-order valence-electron chi connectivity index (χ3n) is 4.67. The predicted molar refractivity (Wildman–Crippen MR) is 118 cm³/mol. The minimum absolute atomic E-state index is 0.0310. The van der Waals surface area contributed by atoms with Crippen LogP contribution in [0.3, 0.4) is 0 Å². The fourth-order valence-corrected chi connectivity index (χ4v) is 4.80. The number of ether oxygens (including phenoxy) is 2. The topological polar surface area (TPSA) is 155 Å². The summed E-state index contributed by atoms with van der Waals surface area (Å²) in [7, 11) is -2.64. The van der Waals surface area contributed by atoms with Crippen molar-refractivity contribution in [3.8, 4) is 11.6 Å². The van der Waals surface area contributed by atoms with Crippen molar-refractivity contribution in [1.82, 2.24) is 19.8 Å². The minimum Gasteiger partial charge on any atom is -0.438 e. The summed E-state index contributed by atoms with van der Waals surface area (Å²) in [5.74, 6) is -0.494. The normalized spacial score (nSPS) is 16.5. The molecule has 1 aromatic carbocycles. The molecule has 2 N–H and O–H groups in total. The number of hydrogen-bond donors (Lipinski definition) is 2. The number of sulfonamides is 1. The molecule has 1 amide bonds. The maximum absolute atomic E-state index is 12.9. The van der Waals surface area contributed by atoms with E-state index in [-0.39, 0.29) is 23.4 Å². The zero-order valence-corrected chi connectivity index (χ0v) is 19.6. The molecule has 13 heteroatoms. The van der Waals surface area contributed by atoms with E-state index in [1.807, 2.05) is 0 Å². The van der Waals surface area contributed by atoms with Crippen molar-refractivity contribution in [2.24, 2.45) is 7.05 Å². The molecular formula is C20H27N5O7S. The zero-order valence-electron chi connectivity index (χ0n) is 18.8. The predicted octanol–water partition coefficient (Wildman–Crippen LogP) is 2.11. The first-order valence-electron chi connectivity index (χ1n) is 10.3. The largest absolute Gasteiger partial charge is 0.438 e. The van der Waals surface area contributed by atoms with Crippen LogP contribution in [0.1, 0.15) is 44.1 Å². The molecule has 0 bridgehead atoms. The molecule has 0 unspecified atom stereocenters. The average Bonchev–Trinajstić information content (AvgIpc) is 3.34. The van der Waals surface area contributed by atoms with Gasteiger partial charge < -0.3 is 14.8 Å². The molecule has 1 aromatic heterocycles. The van der Waals surface area contributed by atoms with Gasteiger partial charge in [0.1, 0.15) is 10.6 Å². The van der Waals surface area contributed by atoms with Gasteiger partial charge in [0.15, 0.2) is 5.69 Å². The van der Waals surface area contributed by atoms with Gasteiger partial charge in [0.05, 0.1) is 11.0 Å². The van der Waals surface area contributed by atoms with Crippen LogP contribution in [0, 0.1) is 10.1 Å². The summed E-state index contributed by atoms with van der Waals surface area (Å²) < 4.78 is 40.8. The van der Waals surface area contributed by atoms with Gasteiger partial charge in [0, 0.05) is 43.9 Å². The van der Waals surface area contributed by atoms with Gasteiger partial charge in [-0.05, 0) is 39.7 Å². The number of nitro groups is 1. The number of nitrogens with one attached hydrogen (secondary N) is 2. The summed E-state index contributed by atoms with van der Waals surface area (Å²) in [5.41, 5.74) is -1.16. The van der Waals surface area contributed by atoms with E-state index >= 15 is 0 Å². The second-order valence-corrected chi connectivity index (χ2v) is 10.3. The molecule has 2 aromatic rings. The van der Waals surface area contributed by atoms with E-state index in [0.29, 0.717) is 13.2 Å². The number of amides is 1. The number of carbonyl (C=O) groups is 1. The fraction of sp³-hybridized carbons (Fsp3) is 0.500. The van der Waals surface area contributed by atoms with Crippen LogP contribution in [0.25, 0.3) is 0 Å². The Morgan fingerprint density at radius 1 is 1.36 bits per heavy atom. The molecule has 1 saturated heterocycles. The summed E-state index contributed by atoms with van der Waals surface area (Å²) >= 11 is 0. The first-order valence-corrected chi connectivity index (χ1v) is 11.8. The van der Waals surface area contributed by atoms with Crippen LogP contribution in [0.4, 0.5) is 5.69 Å². The van der Waals surface area contributed by atoms with Crippen LogP contribution in [-0.4, -0.2) is 53.8 Å². The van der Waals surface area contributed by atoms with Crippen molar-refractivity contribution in [2.45, 2.75) is 50.2 Å². The third-order valence-corrected chi connectivity index (χ3v) is 6.45. The number of nitro benzene ring substituents is 1. The lowest BCUT2D eigenvalue weighted by atomic mass is 10.1. The third kappa shape index (κ3) is 6.27. The van der Waals surface area contributed by atoms with Crippen LogP contribution >= 0.6 is 0 Å². The number of nitrogens with zero attached hydrogens (tertiary/aromatic N) is 3. The number of benzene rings is 1. The second-order valence-electron chi connectivity index (χ2n) is 8.68. The highest BCUT2D eigenvalue weighted by Crippen LogP contribution is 2.33. The Labute approximate surface area is 191 Å². The summed E-state index contributed by atoms with van der Waals surface area (Å²) in [6, 6.07) is 4.62. The van der Waals surface area contributed by atoms with E-state index in [1.165, 1.54) is 23.9 Å². The number of aromatic nitrogens is 2. The maximum Gasteiger partial charge on any atom is 0.272 e. The molecule has 1 aliphatic rings. The summed E-state index contributed by atoms with van der Waals surface area (Å²) in [6.07, 6.45) is 1.79. The average molecular weight is 482 g/mol. The fourth-order valence-electron chi connectivity index (χ4n) is 3.23. The first kappa shape index (κ1) is 24.6. The standard InChI is InChI=1S/C20H27N5O7S/c1-20(2,3)23-33(29,30)17-10-13(25(27)28)7-8-16(17)32-18-11-15(22-24(18)4)19(26)21-12-14-6-5-9-31-14/h7-8,10-11,14,23H,5-6,9,12H2,1-4H3,(H,21,26)/t14-/m0/s1. The summed E-state index contributed by atoms with van der Waals surface area (Å²) in [5, 5.41) is 18.1. The smallest absolute Gasteiger partial charge is 0.272 e. The molecule has 0 radical (unpaired) electrons. The van der Waals surface area contributed by atoms with Gasteiger partial charge in [-0.25, -0.2) is 17.8 Å². The highest BCUT2D eigenvalue weighted by Gasteiger charge is 2.28. The highest BCUT2D eigenvalue weighted by atomic mass is 32.2. The van der Waals surface area contributed by atoms with Crippen LogP contribution < -0.4 is 14.8 Å². The molecule has 0 spiro atoms. The van der Waals surface area contributed by atoms with E-state index in [4.69, 9.17) is 9.47 Å². The van der Waals surface area contributed by atoms with Crippen molar-refractivity contribution in [3.63, 3.8) is 0 Å². The van der Waals surface area contributed by atoms with E-state index in [2.05, 4.69) is 15.1 Å². The SMILES string of the molecule is Cn1nc(C(=O)NC[C@@H]2CCCO2)cc1Oc1ccc([N+](=O)[O-])cc1S(=O)(=O)NC(C)(C)C. The van der Waals surface area contributed by atoms with Crippen molar-refractivity contribution >= 4 is 21.6 Å². The van der Waals surface area contributed by atoms with E-state index in [0.717, 1.165) is 25.0 Å². The maximum atomic E-state index is 12.9. The molecule has 12 nitrogen and oxygen atoms in total. The number of non-ortho nitro benzene ring substituents is 1. The number of hydrogen-bond acceptors (Lipinski definition) is 8. The van der Waals surface area contributed by atoms with Gasteiger partial charge in [-0.3, -0.25) is 14.9 Å². The lowest BCUT2D eigenvalue weighted by Crippen LogP contribution is -2.40. The molecule has 180 valence electrons. The quantitative estimate of drug-likeness (QED) is 0.429. The van der Waals surface area contributed by atoms with E-state index in [1.54, 1.807) is 20.8 Å². The van der Waals surface area contributed by atoms with Crippen LogP contribution in [0.5, 0.6) is 11.6 Å². The van der Waals surface area contributed by atoms with E-state index in [9.17, 15) is 23.3 Å². The van der Waals surface area contributed by atoms with Gasteiger partial charge in [-0.1, -0.05) is 0 Å². The molecule has 3 rings (SSSR count). The number of carbonyl (C=O) groups excluding carboxylic acids is 1. The molecule has 1 atom stereocenters. The Hall–Kier alpha value is -3.03. The summed E-state index contributed by atoms with van der Waals surface area (Å²) in [4.78, 5) is 22.5. The van der Waals surface area contributed by atoms with Gasteiger partial charge >= 0.3 is 0 Å². The Kier molecular flexibility index (Phi) is 7.05. The molecular weight excluding hydrogens is 454 g/mol. The Balaban J connectivity index is 1.86. The number of rotatable bonds is 8. The molecule has 1 fully saturated rings. The van der Waals surface area contributed by atoms with Crippen molar-refractivity contribution in [1.29, 1.82) is 0 Å². The Bertz CT molecular complexity index is 1150. The molecule has 0 aliphatic carbocycles. The Morgan fingerprint density at radius 2 is 2.09 bits per heavy atom. The summed E-state index contributed by atoms with van der Waals surface area (Å²) in [6.45, 7) is 5.96. The lowest BCUT2D eigenvalue weighted by Gasteiger charge is -2.21. The molecule has 2 heterocycles. The second kappa shape index (κ2) is 9.45. The molecule has 33 heavy (non-hydrogen) atoms. The minimum atomic E-state index is -4.17.